The van der Waals surface area contributed by atoms with Gasteiger partial charge in [-0.2, -0.15) is 11.3 Å². The van der Waals surface area contributed by atoms with Gasteiger partial charge in [-0.3, -0.25) is 0 Å². The lowest BCUT2D eigenvalue weighted by Crippen LogP contribution is -2.04. The van der Waals surface area contributed by atoms with Crippen LogP contribution in [0.1, 0.15) is 30.0 Å². The van der Waals surface area contributed by atoms with E-state index < -0.39 is 0 Å². The van der Waals surface area contributed by atoms with Gasteiger partial charge < -0.3 is 5.32 Å². The summed E-state index contributed by atoms with van der Waals surface area (Å²) in [6, 6.07) is 0. The van der Waals surface area contributed by atoms with Crippen molar-refractivity contribution in [2.24, 2.45) is 0 Å². The van der Waals surface area contributed by atoms with Gasteiger partial charge in [-0.25, -0.2) is 9.97 Å². The maximum absolute atomic E-state index is 4.79. The lowest BCUT2D eigenvalue weighted by Gasteiger charge is -2.10. The molecular formula is C13H14IN3S. The fourth-order valence-corrected chi connectivity index (χ4v) is 3.75. The summed E-state index contributed by atoms with van der Waals surface area (Å²) in [5.41, 5.74) is 3.63. The molecule has 3 rings (SSSR count). The van der Waals surface area contributed by atoms with Crippen LogP contribution in [0.5, 0.6) is 0 Å². The Bertz CT molecular complexity index is 590. The Morgan fingerprint density at radius 3 is 2.67 bits per heavy atom. The predicted molar refractivity (Wildman–Crippen MR) is 84.3 cm³/mol. The van der Waals surface area contributed by atoms with Crippen molar-refractivity contribution >= 4 is 39.7 Å². The van der Waals surface area contributed by atoms with Crippen molar-refractivity contribution in [2.75, 3.05) is 12.4 Å². The third-order valence-electron chi connectivity index (χ3n) is 3.17. The van der Waals surface area contributed by atoms with E-state index in [2.05, 4.69) is 50.6 Å². The van der Waals surface area contributed by atoms with E-state index in [9.17, 15) is 0 Å². The highest BCUT2D eigenvalue weighted by Gasteiger charge is 2.29. The zero-order valence-electron chi connectivity index (χ0n) is 10.3. The van der Waals surface area contributed by atoms with E-state index in [4.69, 9.17) is 4.98 Å². The molecule has 1 N–H and O–H groups in total. The van der Waals surface area contributed by atoms with Gasteiger partial charge in [0.05, 0.1) is 9.26 Å². The SMILES string of the molecule is CNc1nc(-c2cscc2C)nc(C2CC2)c1I. The molecule has 1 fully saturated rings. The summed E-state index contributed by atoms with van der Waals surface area (Å²) < 4.78 is 1.18. The Kier molecular flexibility index (Phi) is 3.27. The number of halogens is 1. The van der Waals surface area contributed by atoms with E-state index in [1.165, 1.54) is 27.7 Å². The van der Waals surface area contributed by atoms with Crippen molar-refractivity contribution in [2.45, 2.75) is 25.7 Å². The molecule has 0 spiro atoms. The Balaban J connectivity index is 2.15. The highest BCUT2D eigenvalue weighted by molar-refractivity contribution is 14.1. The molecule has 0 unspecified atom stereocenters. The van der Waals surface area contributed by atoms with Crippen LogP contribution in [-0.2, 0) is 0 Å². The molecule has 2 aromatic rings. The number of nitrogens with one attached hydrogen (secondary N) is 1. The minimum atomic E-state index is 0.643. The maximum atomic E-state index is 4.79. The molecule has 0 aliphatic heterocycles. The number of hydrogen-bond donors (Lipinski definition) is 1. The lowest BCUT2D eigenvalue weighted by atomic mass is 10.2. The number of hydrogen-bond acceptors (Lipinski definition) is 4. The molecule has 0 atom stereocenters. The molecule has 1 saturated carbocycles. The second-order valence-corrected chi connectivity index (χ2v) is 6.41. The van der Waals surface area contributed by atoms with Crippen LogP contribution < -0.4 is 5.32 Å². The quantitative estimate of drug-likeness (QED) is 0.828. The normalized spacial score (nSPS) is 14.8. The largest absolute Gasteiger partial charge is 0.372 e. The molecule has 1 aliphatic rings. The van der Waals surface area contributed by atoms with Crippen LogP contribution in [0.3, 0.4) is 0 Å². The van der Waals surface area contributed by atoms with Gasteiger partial charge >= 0.3 is 0 Å². The first-order valence-electron chi connectivity index (χ1n) is 5.99. The van der Waals surface area contributed by atoms with Crippen molar-refractivity contribution in [3.05, 3.63) is 25.6 Å². The third-order valence-corrected chi connectivity index (χ3v) is 5.10. The fourth-order valence-electron chi connectivity index (χ4n) is 1.97. The van der Waals surface area contributed by atoms with E-state index in [0.29, 0.717) is 5.92 Å². The second-order valence-electron chi connectivity index (χ2n) is 4.59. The Labute approximate surface area is 124 Å². The van der Waals surface area contributed by atoms with Gasteiger partial charge in [0.15, 0.2) is 5.82 Å². The van der Waals surface area contributed by atoms with Crippen LogP contribution in [0.15, 0.2) is 10.8 Å². The molecule has 0 aromatic carbocycles. The minimum Gasteiger partial charge on any atom is -0.372 e. The first-order valence-corrected chi connectivity index (χ1v) is 8.01. The Morgan fingerprint density at radius 2 is 2.11 bits per heavy atom. The van der Waals surface area contributed by atoms with E-state index in [-0.39, 0.29) is 0 Å². The van der Waals surface area contributed by atoms with Crippen LogP contribution in [-0.4, -0.2) is 17.0 Å². The summed E-state index contributed by atoms with van der Waals surface area (Å²) in [5, 5.41) is 7.46. The van der Waals surface area contributed by atoms with E-state index in [0.717, 1.165) is 17.2 Å². The first kappa shape index (κ1) is 12.3. The Morgan fingerprint density at radius 1 is 1.33 bits per heavy atom. The first-order chi connectivity index (χ1) is 8.70. The number of rotatable bonds is 3. The second kappa shape index (κ2) is 4.77. The Hall–Kier alpha value is -0.690. The summed E-state index contributed by atoms with van der Waals surface area (Å²) in [5.74, 6) is 2.46. The number of anilines is 1. The molecule has 0 amide bonds. The molecular weight excluding hydrogens is 357 g/mol. The summed E-state index contributed by atoms with van der Waals surface area (Å²) >= 11 is 4.06. The molecule has 2 heterocycles. The summed E-state index contributed by atoms with van der Waals surface area (Å²) in [6.45, 7) is 2.11. The van der Waals surface area contributed by atoms with Crippen molar-refractivity contribution in [3.63, 3.8) is 0 Å². The van der Waals surface area contributed by atoms with Crippen LogP contribution in [0, 0.1) is 10.5 Å². The standard InChI is InChI=1S/C13H14IN3S/c1-7-5-18-6-9(7)12-16-11(8-3-4-8)10(14)13(15-2)17-12/h5-6,8H,3-4H2,1-2H3,(H,15,16,17). The van der Waals surface area contributed by atoms with E-state index >= 15 is 0 Å². The van der Waals surface area contributed by atoms with Gasteiger partial charge in [-0.1, -0.05) is 0 Å². The maximum Gasteiger partial charge on any atom is 0.162 e. The smallest absolute Gasteiger partial charge is 0.162 e. The lowest BCUT2D eigenvalue weighted by molar-refractivity contribution is 0.978. The third kappa shape index (κ3) is 2.14. The van der Waals surface area contributed by atoms with Crippen LogP contribution >= 0.6 is 33.9 Å². The molecule has 94 valence electrons. The van der Waals surface area contributed by atoms with Gasteiger partial charge in [-0.05, 0) is 53.3 Å². The fraction of sp³-hybridized carbons (Fsp3) is 0.385. The van der Waals surface area contributed by atoms with E-state index in [1.54, 1.807) is 11.3 Å². The molecule has 3 nitrogen and oxygen atoms in total. The van der Waals surface area contributed by atoms with Crippen molar-refractivity contribution in [1.82, 2.24) is 9.97 Å². The number of aromatic nitrogens is 2. The summed E-state index contributed by atoms with van der Waals surface area (Å²) in [6.07, 6.45) is 2.52. The monoisotopic (exact) mass is 371 g/mol. The highest BCUT2D eigenvalue weighted by Crippen LogP contribution is 2.43. The topological polar surface area (TPSA) is 37.8 Å². The summed E-state index contributed by atoms with van der Waals surface area (Å²) in [7, 11) is 1.92. The van der Waals surface area contributed by atoms with Crippen molar-refractivity contribution in [3.8, 4) is 11.4 Å². The molecule has 5 heteroatoms. The summed E-state index contributed by atoms with van der Waals surface area (Å²) in [4.78, 5) is 9.44. The number of aryl methyl sites for hydroxylation is 1. The van der Waals surface area contributed by atoms with Crippen LogP contribution in [0.4, 0.5) is 5.82 Å². The van der Waals surface area contributed by atoms with Gasteiger partial charge in [0.1, 0.15) is 5.82 Å². The van der Waals surface area contributed by atoms with Gasteiger partial charge in [0.25, 0.3) is 0 Å². The van der Waals surface area contributed by atoms with Crippen LogP contribution in [0.25, 0.3) is 11.4 Å². The molecule has 2 aromatic heterocycles. The van der Waals surface area contributed by atoms with Crippen molar-refractivity contribution in [1.29, 1.82) is 0 Å². The highest BCUT2D eigenvalue weighted by atomic mass is 127. The van der Waals surface area contributed by atoms with E-state index in [1.807, 2.05) is 7.05 Å². The average molecular weight is 371 g/mol. The molecule has 0 saturated heterocycles. The minimum absolute atomic E-state index is 0.643. The molecule has 0 bridgehead atoms. The number of thiophene rings is 1. The molecule has 1 aliphatic carbocycles. The predicted octanol–water partition coefficient (Wildman–Crippen LogP) is 4.04. The zero-order chi connectivity index (χ0) is 12.7. The van der Waals surface area contributed by atoms with Crippen molar-refractivity contribution < 1.29 is 0 Å². The number of nitrogens with zero attached hydrogens (tertiary/aromatic N) is 2. The van der Waals surface area contributed by atoms with Gasteiger partial charge in [0, 0.05) is 23.9 Å². The average Bonchev–Trinajstić information content (AvgIpc) is 3.12. The van der Waals surface area contributed by atoms with Gasteiger partial charge in [0.2, 0.25) is 0 Å². The van der Waals surface area contributed by atoms with Crippen LogP contribution in [0.2, 0.25) is 0 Å². The zero-order valence-corrected chi connectivity index (χ0v) is 13.3. The molecule has 18 heavy (non-hydrogen) atoms. The molecule has 0 radical (unpaired) electrons. The van der Waals surface area contributed by atoms with Gasteiger partial charge in [-0.15, -0.1) is 0 Å².